The molecule has 1 aromatic carbocycles. The zero-order chi connectivity index (χ0) is 18.4. The lowest BCUT2D eigenvalue weighted by atomic mass is 9.82. The Kier molecular flexibility index (Phi) is 5.84. The van der Waals surface area contributed by atoms with Gasteiger partial charge in [-0.05, 0) is 35.2 Å². The van der Waals surface area contributed by atoms with Crippen LogP contribution in [0.2, 0.25) is 0 Å². The molecule has 0 fully saturated rings. The van der Waals surface area contributed by atoms with Crippen molar-refractivity contribution in [2.75, 3.05) is 7.05 Å². The first kappa shape index (κ1) is 17.9. The van der Waals surface area contributed by atoms with Crippen molar-refractivity contribution >= 4 is 5.71 Å². The van der Waals surface area contributed by atoms with Gasteiger partial charge in [0, 0.05) is 52.1 Å². The van der Waals surface area contributed by atoms with Crippen molar-refractivity contribution in [1.82, 2.24) is 15.4 Å². The number of benzene rings is 1. The van der Waals surface area contributed by atoms with Crippen LogP contribution in [0.4, 0.5) is 0 Å². The highest BCUT2D eigenvalue weighted by atomic mass is 15.3. The molecule has 138 valence electrons. The second-order valence-corrected chi connectivity index (χ2v) is 6.80. The van der Waals surface area contributed by atoms with Crippen molar-refractivity contribution in [3.63, 3.8) is 0 Å². The predicted octanol–water partition coefficient (Wildman–Crippen LogP) is 4.86. The number of hydrogen-bond donors (Lipinski definition) is 2. The van der Waals surface area contributed by atoms with Crippen LogP contribution in [-0.2, 0) is 6.42 Å². The number of hydrogen-bond acceptors (Lipinski definition) is 3. The molecule has 4 nitrogen and oxygen atoms in total. The second-order valence-electron chi connectivity index (χ2n) is 6.80. The fourth-order valence-corrected chi connectivity index (χ4v) is 3.37. The topological polar surface area (TPSA) is 53.1 Å². The van der Waals surface area contributed by atoms with Crippen LogP contribution in [0.5, 0.6) is 0 Å². The van der Waals surface area contributed by atoms with Crippen molar-refractivity contribution in [3.8, 4) is 0 Å². The molecule has 26 heavy (non-hydrogen) atoms. The van der Waals surface area contributed by atoms with Crippen molar-refractivity contribution in [1.29, 1.82) is 0 Å². The molecular weight excluding hydrogens is 320 g/mol. The van der Waals surface area contributed by atoms with Gasteiger partial charge in [-0.1, -0.05) is 44.2 Å². The maximum absolute atomic E-state index is 4.64. The Morgan fingerprint density at radius 1 is 1.15 bits per heavy atom. The maximum atomic E-state index is 4.64. The van der Waals surface area contributed by atoms with Gasteiger partial charge in [-0.3, -0.25) is 4.98 Å². The average Bonchev–Trinajstić information content (AvgIpc) is 3.11. The number of aromatic nitrogens is 2. The standard InChI is InChI=1S/C22H26N4.2H2/c1-16(2)21(18-9-11-24-12-10-18)22(26-23-3)19-14-20(25-15-19)13-17-7-5-4-6-8-17;;/h4-12,14-16,21,23,25H,13H2,1-3H3;2*1H/b26-22-;;. The molecule has 0 spiro atoms. The van der Waals surface area contributed by atoms with E-state index in [1.807, 2.05) is 25.5 Å². The Hall–Kier alpha value is -2.88. The van der Waals surface area contributed by atoms with E-state index in [0.717, 1.165) is 17.7 Å². The van der Waals surface area contributed by atoms with Gasteiger partial charge in [0.05, 0.1) is 5.71 Å². The van der Waals surface area contributed by atoms with Gasteiger partial charge in [0.1, 0.15) is 0 Å². The van der Waals surface area contributed by atoms with Crippen LogP contribution in [0.25, 0.3) is 0 Å². The minimum Gasteiger partial charge on any atom is -0.364 e. The number of H-pyrrole nitrogens is 1. The third-order valence-corrected chi connectivity index (χ3v) is 4.53. The van der Waals surface area contributed by atoms with E-state index in [1.54, 1.807) is 0 Å². The zero-order valence-electron chi connectivity index (χ0n) is 15.6. The van der Waals surface area contributed by atoms with Gasteiger partial charge in [-0.25, -0.2) is 0 Å². The fraction of sp³-hybridized carbons (Fsp3) is 0.273. The summed E-state index contributed by atoms with van der Waals surface area (Å²) in [5, 5.41) is 4.64. The SMILES string of the molecule is CN/N=C(/c1c[nH]c(Cc2ccccc2)c1)C(c1ccncc1)C(C)C.[HH].[HH]. The highest BCUT2D eigenvalue weighted by molar-refractivity contribution is 6.05. The first-order chi connectivity index (χ1) is 12.7. The zero-order valence-corrected chi connectivity index (χ0v) is 15.6. The van der Waals surface area contributed by atoms with Gasteiger partial charge < -0.3 is 10.4 Å². The molecule has 1 atom stereocenters. The molecule has 1 unspecified atom stereocenters. The Labute approximate surface area is 158 Å². The summed E-state index contributed by atoms with van der Waals surface area (Å²) >= 11 is 0. The first-order valence-electron chi connectivity index (χ1n) is 9.05. The second kappa shape index (κ2) is 8.48. The molecule has 2 heterocycles. The van der Waals surface area contributed by atoms with Gasteiger partial charge in [-0.2, -0.15) is 5.10 Å². The van der Waals surface area contributed by atoms with Crippen LogP contribution >= 0.6 is 0 Å². The van der Waals surface area contributed by atoms with Crippen molar-refractivity contribution in [2.45, 2.75) is 26.2 Å². The molecule has 2 aromatic heterocycles. The van der Waals surface area contributed by atoms with E-state index >= 15 is 0 Å². The molecule has 0 saturated carbocycles. The minimum absolute atomic E-state index is 0. The lowest BCUT2D eigenvalue weighted by molar-refractivity contribution is 0.598. The van der Waals surface area contributed by atoms with Crippen LogP contribution in [0.1, 0.15) is 45.0 Å². The lowest BCUT2D eigenvalue weighted by Crippen LogP contribution is -2.21. The molecule has 3 aromatic rings. The van der Waals surface area contributed by atoms with E-state index in [4.69, 9.17) is 0 Å². The van der Waals surface area contributed by atoms with E-state index in [0.29, 0.717) is 5.92 Å². The van der Waals surface area contributed by atoms with Crippen molar-refractivity contribution < 1.29 is 2.85 Å². The maximum Gasteiger partial charge on any atom is 0.0767 e. The number of hydrazone groups is 1. The molecule has 0 saturated heterocycles. The molecule has 3 rings (SSSR count). The van der Waals surface area contributed by atoms with Crippen LogP contribution < -0.4 is 5.43 Å². The first-order valence-corrected chi connectivity index (χ1v) is 9.05. The minimum atomic E-state index is 0. The smallest absolute Gasteiger partial charge is 0.0767 e. The van der Waals surface area contributed by atoms with E-state index in [-0.39, 0.29) is 8.77 Å². The van der Waals surface area contributed by atoms with E-state index in [9.17, 15) is 0 Å². The Balaban J connectivity index is 0.00000196. The van der Waals surface area contributed by atoms with Crippen LogP contribution in [0.3, 0.4) is 0 Å². The van der Waals surface area contributed by atoms with Crippen LogP contribution in [0, 0.1) is 5.92 Å². The monoisotopic (exact) mass is 350 g/mol. The van der Waals surface area contributed by atoms with Crippen molar-refractivity contribution in [2.24, 2.45) is 11.0 Å². The summed E-state index contributed by atoms with van der Waals surface area (Å²) in [6, 6.07) is 16.9. The molecule has 0 aliphatic carbocycles. The van der Waals surface area contributed by atoms with Gasteiger partial charge >= 0.3 is 0 Å². The number of aromatic amines is 1. The molecule has 4 heteroatoms. The summed E-state index contributed by atoms with van der Waals surface area (Å²) in [6.45, 7) is 4.46. The fourth-order valence-electron chi connectivity index (χ4n) is 3.37. The number of pyridine rings is 1. The van der Waals surface area contributed by atoms with Gasteiger partial charge in [0.25, 0.3) is 0 Å². The van der Waals surface area contributed by atoms with Crippen LogP contribution in [-0.4, -0.2) is 22.7 Å². The normalized spacial score (nSPS) is 13.0. The lowest BCUT2D eigenvalue weighted by Gasteiger charge is -2.23. The van der Waals surface area contributed by atoms with Gasteiger partial charge in [0.15, 0.2) is 0 Å². The highest BCUT2D eigenvalue weighted by Crippen LogP contribution is 2.29. The van der Waals surface area contributed by atoms with Crippen molar-refractivity contribution in [3.05, 3.63) is 89.5 Å². The van der Waals surface area contributed by atoms with E-state index in [1.165, 1.54) is 16.8 Å². The average molecular weight is 351 g/mol. The Bertz CT molecular complexity index is 845. The summed E-state index contributed by atoms with van der Waals surface area (Å²) < 4.78 is 0. The van der Waals surface area contributed by atoms with Gasteiger partial charge in [0.2, 0.25) is 0 Å². The number of nitrogens with zero attached hydrogens (tertiary/aromatic N) is 2. The number of rotatable bonds is 7. The molecule has 0 radical (unpaired) electrons. The molecular formula is C22H30N4. The summed E-state index contributed by atoms with van der Waals surface area (Å²) in [5.74, 6) is 0.614. The summed E-state index contributed by atoms with van der Waals surface area (Å²) in [6.07, 6.45) is 6.64. The summed E-state index contributed by atoms with van der Waals surface area (Å²) in [5.41, 5.74) is 8.87. The molecule has 0 aliphatic heterocycles. The number of nitrogens with one attached hydrogen (secondary N) is 2. The molecule has 0 bridgehead atoms. The largest absolute Gasteiger partial charge is 0.364 e. The quantitative estimate of drug-likeness (QED) is 0.472. The Morgan fingerprint density at radius 2 is 1.88 bits per heavy atom. The van der Waals surface area contributed by atoms with E-state index in [2.05, 4.69) is 83.0 Å². The van der Waals surface area contributed by atoms with E-state index < -0.39 is 0 Å². The molecule has 0 amide bonds. The van der Waals surface area contributed by atoms with Gasteiger partial charge in [-0.15, -0.1) is 0 Å². The Morgan fingerprint density at radius 3 is 2.54 bits per heavy atom. The third-order valence-electron chi connectivity index (χ3n) is 4.53. The predicted molar refractivity (Wildman–Crippen MR) is 112 cm³/mol. The third kappa shape index (κ3) is 4.20. The molecule has 0 aliphatic rings. The van der Waals surface area contributed by atoms with Crippen LogP contribution in [0.15, 0.2) is 72.2 Å². The molecule has 2 N–H and O–H groups in total. The summed E-state index contributed by atoms with van der Waals surface area (Å²) in [7, 11) is 1.85. The highest BCUT2D eigenvalue weighted by Gasteiger charge is 2.24. The summed E-state index contributed by atoms with van der Waals surface area (Å²) in [4.78, 5) is 7.57.